The highest BCUT2D eigenvalue weighted by Crippen LogP contribution is 2.41. The molecule has 0 spiro atoms. The molecule has 62 heavy (non-hydrogen) atoms. The SMILES string of the molecule is O=C(CCCC(=O)OCC1COc2cscc2O1)OCCN1C(=O)c2ccc3c4c(ccc(c24)C1=O)C(O)N(CCOC(=O)CCCC(=O)OCC1COc2cscc2O1)C3=O. The fraction of sp³-hybridized carbons (Fsp3) is 0.405. The Bertz CT molecular complexity index is 2390. The number of aliphatic hydroxyl groups is 1. The van der Waals surface area contributed by atoms with E-state index in [0.717, 1.165) is 9.80 Å². The number of fused-ring (bicyclic) bond motifs is 2. The van der Waals surface area contributed by atoms with Gasteiger partial charge in [0.05, 0.1) is 13.1 Å². The van der Waals surface area contributed by atoms with Crippen LogP contribution in [0.1, 0.15) is 81.4 Å². The predicted octanol–water partition coefficient (Wildman–Crippen LogP) is 4.20. The number of benzene rings is 2. The third kappa shape index (κ3) is 9.16. The van der Waals surface area contributed by atoms with Crippen molar-refractivity contribution in [1.29, 1.82) is 0 Å². The van der Waals surface area contributed by atoms with Gasteiger partial charge in [-0.05, 0) is 31.0 Å². The van der Waals surface area contributed by atoms with Gasteiger partial charge in [-0.1, -0.05) is 6.07 Å². The summed E-state index contributed by atoms with van der Waals surface area (Å²) in [7, 11) is 0. The maximum Gasteiger partial charge on any atom is 0.305 e. The molecule has 8 rings (SSSR count). The Hall–Kier alpha value is -6.25. The Morgan fingerprint density at radius 1 is 0.597 bits per heavy atom. The van der Waals surface area contributed by atoms with Crippen LogP contribution in [0.5, 0.6) is 23.0 Å². The van der Waals surface area contributed by atoms with Crippen LogP contribution in [-0.2, 0) is 38.1 Å². The Morgan fingerprint density at radius 3 is 1.58 bits per heavy atom. The highest BCUT2D eigenvalue weighted by Gasteiger charge is 2.39. The number of amides is 3. The highest BCUT2D eigenvalue weighted by atomic mass is 32.1. The number of thiophene rings is 2. The second kappa shape index (κ2) is 18.8. The first-order valence-corrected chi connectivity index (χ1v) is 21.7. The number of ether oxygens (including phenoxy) is 8. The highest BCUT2D eigenvalue weighted by molar-refractivity contribution is 7.08. The van der Waals surface area contributed by atoms with E-state index in [2.05, 4.69) is 0 Å². The number of carbonyl (C=O) groups is 7. The van der Waals surface area contributed by atoms with Gasteiger partial charge < -0.3 is 47.9 Å². The molecule has 6 heterocycles. The van der Waals surface area contributed by atoms with Crippen molar-refractivity contribution in [2.75, 3.05) is 52.7 Å². The lowest BCUT2D eigenvalue weighted by molar-refractivity contribution is -0.149. The molecular formula is C42H40N2O16S2. The first-order chi connectivity index (χ1) is 30.0. The second-order valence-electron chi connectivity index (χ2n) is 14.6. The van der Waals surface area contributed by atoms with E-state index in [1.165, 1.54) is 46.9 Å². The molecule has 3 amide bonds. The van der Waals surface area contributed by atoms with Gasteiger partial charge in [-0.2, -0.15) is 0 Å². The third-order valence-corrected chi connectivity index (χ3v) is 11.8. The molecule has 4 aliphatic heterocycles. The molecule has 326 valence electrons. The summed E-state index contributed by atoms with van der Waals surface area (Å²) in [6, 6.07) is 5.83. The molecule has 0 fully saturated rings. The summed E-state index contributed by atoms with van der Waals surface area (Å²) >= 11 is 2.88. The Morgan fingerprint density at radius 2 is 1.05 bits per heavy atom. The molecular weight excluding hydrogens is 853 g/mol. The van der Waals surface area contributed by atoms with Crippen LogP contribution < -0.4 is 18.9 Å². The van der Waals surface area contributed by atoms with E-state index >= 15 is 0 Å². The maximum absolute atomic E-state index is 13.7. The normalized spacial score (nSPS) is 18.4. The standard InChI is InChI=1S/C42H40N2O16S2/c45-33(3-1-5-35(47)57-17-23-15-55-29-19-61-21-31(29)59-23)53-13-11-43-39(49)25-7-9-27-38-28(10-8-26(37(25)38)40(43)50)42(52)44(41(27)51)12-14-54-34(46)4-2-6-36(48)58-18-24-16-56-30-20-62-22-32(30)60-24/h7-10,19-24,39,49H,1-6,11-18H2. The van der Waals surface area contributed by atoms with Crippen LogP contribution in [-0.4, -0.2) is 121 Å². The van der Waals surface area contributed by atoms with Gasteiger partial charge in [0.1, 0.15) is 39.6 Å². The average molecular weight is 893 g/mol. The smallest absolute Gasteiger partial charge is 0.305 e. The summed E-state index contributed by atoms with van der Waals surface area (Å²) in [6.45, 7) is -0.429. The van der Waals surface area contributed by atoms with Crippen molar-refractivity contribution < 1.29 is 76.6 Å². The molecule has 2 aromatic heterocycles. The molecule has 3 atom stereocenters. The van der Waals surface area contributed by atoms with Gasteiger partial charge in [0.15, 0.2) is 41.4 Å². The van der Waals surface area contributed by atoms with Crippen LogP contribution in [0.25, 0.3) is 10.8 Å². The molecule has 0 aliphatic carbocycles. The van der Waals surface area contributed by atoms with Crippen LogP contribution >= 0.6 is 22.7 Å². The van der Waals surface area contributed by atoms with Crippen molar-refractivity contribution in [1.82, 2.24) is 9.80 Å². The fourth-order valence-electron chi connectivity index (χ4n) is 7.33. The lowest BCUT2D eigenvalue weighted by atomic mass is 9.85. The third-order valence-electron chi connectivity index (χ3n) is 10.4. The predicted molar refractivity (Wildman–Crippen MR) is 215 cm³/mol. The number of hydrogen-bond donors (Lipinski definition) is 1. The van der Waals surface area contributed by atoms with Crippen molar-refractivity contribution in [3.05, 3.63) is 68.0 Å². The lowest BCUT2D eigenvalue weighted by Crippen LogP contribution is -2.44. The van der Waals surface area contributed by atoms with Gasteiger partial charge in [-0.15, -0.1) is 22.7 Å². The van der Waals surface area contributed by atoms with Gasteiger partial charge in [0, 0.05) is 80.2 Å². The summed E-state index contributed by atoms with van der Waals surface area (Å²) in [5, 5.41) is 19.0. The van der Waals surface area contributed by atoms with E-state index in [9.17, 15) is 38.7 Å². The molecule has 3 unspecified atom stereocenters. The first-order valence-electron chi connectivity index (χ1n) is 19.8. The van der Waals surface area contributed by atoms with Crippen LogP contribution in [0.15, 0.2) is 45.8 Å². The van der Waals surface area contributed by atoms with E-state index in [-0.39, 0.29) is 124 Å². The number of esters is 4. The van der Waals surface area contributed by atoms with Gasteiger partial charge in [-0.25, -0.2) is 0 Å². The summed E-state index contributed by atoms with van der Waals surface area (Å²) in [5.41, 5.74) is 0.693. The first kappa shape index (κ1) is 42.4. The van der Waals surface area contributed by atoms with Crippen LogP contribution in [0, 0.1) is 0 Å². The molecule has 1 N–H and O–H groups in total. The number of aliphatic hydroxyl groups excluding tert-OH is 1. The molecule has 18 nitrogen and oxygen atoms in total. The Labute approximate surface area is 361 Å². The largest absolute Gasteiger partial charge is 0.485 e. The minimum Gasteiger partial charge on any atom is -0.485 e. The summed E-state index contributed by atoms with van der Waals surface area (Å²) in [4.78, 5) is 92.2. The number of imide groups is 1. The van der Waals surface area contributed by atoms with Crippen molar-refractivity contribution in [3.8, 4) is 23.0 Å². The average Bonchev–Trinajstić information content (AvgIpc) is 3.95. The van der Waals surface area contributed by atoms with E-state index in [1.807, 2.05) is 10.8 Å². The van der Waals surface area contributed by atoms with Crippen LogP contribution in [0.4, 0.5) is 0 Å². The van der Waals surface area contributed by atoms with Crippen molar-refractivity contribution >= 4 is 75.0 Å². The molecule has 0 bridgehead atoms. The Balaban J connectivity index is 0.760. The van der Waals surface area contributed by atoms with E-state index in [1.54, 1.807) is 10.8 Å². The van der Waals surface area contributed by atoms with Gasteiger partial charge >= 0.3 is 23.9 Å². The van der Waals surface area contributed by atoms with Crippen molar-refractivity contribution in [2.45, 2.75) is 57.0 Å². The number of carbonyl (C=O) groups excluding carboxylic acids is 7. The molecule has 4 aromatic rings. The van der Waals surface area contributed by atoms with E-state index in [4.69, 9.17) is 37.9 Å². The molecule has 0 saturated carbocycles. The van der Waals surface area contributed by atoms with Crippen molar-refractivity contribution in [3.63, 3.8) is 0 Å². The zero-order chi connectivity index (χ0) is 43.3. The van der Waals surface area contributed by atoms with Crippen LogP contribution in [0.3, 0.4) is 0 Å². The topological polar surface area (TPSA) is 220 Å². The summed E-state index contributed by atoms with van der Waals surface area (Å²) in [5.74, 6) is -1.65. The van der Waals surface area contributed by atoms with Gasteiger partial charge in [0.2, 0.25) is 0 Å². The summed E-state index contributed by atoms with van der Waals surface area (Å²) in [6.07, 6.45) is -2.24. The number of hydrogen-bond acceptors (Lipinski definition) is 18. The zero-order valence-corrected chi connectivity index (χ0v) is 34.7. The Kier molecular flexibility index (Phi) is 12.9. The zero-order valence-electron chi connectivity index (χ0n) is 33.0. The molecule has 2 aromatic carbocycles. The van der Waals surface area contributed by atoms with Crippen LogP contribution in [0.2, 0.25) is 0 Å². The molecule has 0 saturated heterocycles. The minimum absolute atomic E-state index is 0.00149. The van der Waals surface area contributed by atoms with Gasteiger partial charge in [0.25, 0.3) is 17.7 Å². The molecule has 20 heteroatoms. The molecule has 0 radical (unpaired) electrons. The molecule has 4 aliphatic rings. The second-order valence-corrected chi connectivity index (χ2v) is 16.1. The quantitative estimate of drug-likeness (QED) is 0.0841. The maximum atomic E-state index is 13.7. The summed E-state index contributed by atoms with van der Waals surface area (Å²) < 4.78 is 43.6. The lowest BCUT2D eigenvalue weighted by Gasteiger charge is -2.35. The van der Waals surface area contributed by atoms with Gasteiger partial charge in [-0.3, -0.25) is 38.5 Å². The minimum atomic E-state index is -1.47. The monoisotopic (exact) mass is 892 g/mol. The van der Waals surface area contributed by atoms with Crippen molar-refractivity contribution in [2.24, 2.45) is 0 Å². The van der Waals surface area contributed by atoms with E-state index in [0.29, 0.717) is 23.0 Å². The fourth-order valence-corrected chi connectivity index (χ4v) is 8.67. The number of nitrogens with zero attached hydrogens (tertiary/aromatic N) is 2. The number of rotatable bonds is 18. The van der Waals surface area contributed by atoms with E-state index < -0.39 is 60.0 Å².